The molecule has 0 N–H and O–H groups in total. The van der Waals surface area contributed by atoms with Crippen molar-refractivity contribution >= 4 is 17.0 Å². The Morgan fingerprint density at radius 3 is 2.89 bits per heavy atom. The van der Waals surface area contributed by atoms with Gasteiger partial charge in [-0.15, -0.1) is 11.3 Å². The van der Waals surface area contributed by atoms with Crippen LogP contribution >= 0.6 is 11.3 Å². The van der Waals surface area contributed by atoms with Crippen LogP contribution in [-0.2, 0) is 6.42 Å². The summed E-state index contributed by atoms with van der Waals surface area (Å²) in [6, 6.07) is 6.74. The molecule has 0 atom stereocenters. The molecule has 0 amide bonds. The first-order chi connectivity index (χ1) is 8.72. The number of hydrogen-bond acceptors (Lipinski definition) is 4. The van der Waals surface area contributed by atoms with Crippen LogP contribution in [0, 0.1) is 10.1 Å². The molecular formula is C13H14N2O2S. The predicted molar refractivity (Wildman–Crippen MR) is 72.8 cm³/mol. The van der Waals surface area contributed by atoms with Gasteiger partial charge in [0.05, 0.1) is 16.2 Å². The van der Waals surface area contributed by atoms with E-state index in [9.17, 15) is 10.1 Å². The quantitative estimate of drug-likeness (QED) is 0.603. The molecule has 0 unspecified atom stereocenters. The molecule has 0 bridgehead atoms. The van der Waals surface area contributed by atoms with E-state index in [-0.39, 0.29) is 10.6 Å². The second-order valence-corrected chi connectivity index (χ2v) is 4.88. The van der Waals surface area contributed by atoms with Crippen molar-refractivity contribution in [1.29, 1.82) is 0 Å². The Morgan fingerprint density at radius 2 is 2.17 bits per heavy atom. The summed E-state index contributed by atoms with van der Waals surface area (Å²) in [7, 11) is 0. The van der Waals surface area contributed by atoms with E-state index in [0.29, 0.717) is 5.56 Å². The number of nitrogens with zero attached hydrogens (tertiary/aromatic N) is 2. The lowest BCUT2D eigenvalue weighted by molar-refractivity contribution is -0.384. The maximum absolute atomic E-state index is 11.0. The number of para-hydroxylation sites is 1. The molecule has 0 aliphatic heterocycles. The third-order valence-electron chi connectivity index (χ3n) is 2.67. The molecule has 0 spiro atoms. The molecule has 0 saturated heterocycles. The van der Waals surface area contributed by atoms with Crippen molar-refractivity contribution in [2.45, 2.75) is 26.2 Å². The number of rotatable bonds is 5. The first kappa shape index (κ1) is 12.7. The molecule has 0 fully saturated rings. The molecule has 18 heavy (non-hydrogen) atoms. The Morgan fingerprint density at radius 1 is 1.39 bits per heavy atom. The molecule has 0 aliphatic carbocycles. The minimum Gasteiger partial charge on any atom is -0.258 e. The summed E-state index contributed by atoms with van der Waals surface area (Å²) in [6.07, 6.45) is 3.16. The average Bonchev–Trinajstić information content (AvgIpc) is 2.85. The predicted octanol–water partition coefficient (Wildman–Crippen LogP) is 4.06. The van der Waals surface area contributed by atoms with Crippen molar-refractivity contribution in [3.63, 3.8) is 0 Å². The maximum Gasteiger partial charge on any atom is 0.279 e. The fourth-order valence-corrected chi connectivity index (χ4v) is 2.60. The highest BCUT2D eigenvalue weighted by atomic mass is 32.1. The Hall–Kier alpha value is -1.75. The van der Waals surface area contributed by atoms with E-state index in [1.54, 1.807) is 18.2 Å². The molecule has 94 valence electrons. The van der Waals surface area contributed by atoms with Gasteiger partial charge in [0.1, 0.15) is 5.01 Å². The molecule has 0 aliphatic rings. The van der Waals surface area contributed by atoms with Gasteiger partial charge in [0.25, 0.3) is 5.69 Å². The van der Waals surface area contributed by atoms with Gasteiger partial charge in [0, 0.05) is 11.4 Å². The van der Waals surface area contributed by atoms with Gasteiger partial charge in [-0.2, -0.15) is 0 Å². The summed E-state index contributed by atoms with van der Waals surface area (Å²) in [5.74, 6) is 0. The third-order valence-corrected chi connectivity index (χ3v) is 3.59. The van der Waals surface area contributed by atoms with Crippen LogP contribution in [0.15, 0.2) is 29.6 Å². The van der Waals surface area contributed by atoms with Gasteiger partial charge in [-0.25, -0.2) is 4.98 Å². The molecular weight excluding hydrogens is 248 g/mol. The van der Waals surface area contributed by atoms with E-state index >= 15 is 0 Å². The molecule has 0 saturated carbocycles. The molecule has 1 aromatic carbocycles. The van der Waals surface area contributed by atoms with Gasteiger partial charge in [-0.3, -0.25) is 10.1 Å². The Bertz CT molecular complexity index is 551. The minimum absolute atomic E-state index is 0.119. The highest BCUT2D eigenvalue weighted by Crippen LogP contribution is 2.31. The van der Waals surface area contributed by atoms with Crippen LogP contribution in [0.1, 0.15) is 25.5 Å². The topological polar surface area (TPSA) is 56.0 Å². The second-order valence-electron chi connectivity index (χ2n) is 4.02. The zero-order valence-electron chi connectivity index (χ0n) is 10.1. The molecule has 1 aromatic heterocycles. The van der Waals surface area contributed by atoms with Crippen LogP contribution in [0.5, 0.6) is 0 Å². The first-order valence-corrected chi connectivity index (χ1v) is 6.78. The monoisotopic (exact) mass is 262 g/mol. The van der Waals surface area contributed by atoms with Gasteiger partial charge in [-0.1, -0.05) is 25.5 Å². The lowest BCUT2D eigenvalue weighted by Gasteiger charge is -1.98. The SMILES string of the molecule is CCCCc1csc(-c2ccccc2[N+](=O)[O-])n1. The molecule has 4 nitrogen and oxygen atoms in total. The van der Waals surface area contributed by atoms with Gasteiger partial charge < -0.3 is 0 Å². The van der Waals surface area contributed by atoms with Gasteiger partial charge >= 0.3 is 0 Å². The molecule has 1 heterocycles. The molecule has 2 aromatic rings. The van der Waals surface area contributed by atoms with E-state index in [0.717, 1.165) is 30.0 Å². The number of nitro benzene ring substituents is 1. The summed E-state index contributed by atoms with van der Waals surface area (Å²) >= 11 is 1.47. The number of aryl methyl sites for hydroxylation is 1. The van der Waals surface area contributed by atoms with E-state index in [1.165, 1.54) is 17.4 Å². The van der Waals surface area contributed by atoms with E-state index < -0.39 is 0 Å². The number of aromatic nitrogens is 1. The number of unbranched alkanes of at least 4 members (excludes halogenated alkanes) is 1. The standard InChI is InChI=1S/C13H14N2O2S/c1-2-3-6-10-9-18-13(14-10)11-7-4-5-8-12(11)15(16)17/h4-5,7-9H,2-3,6H2,1H3. The maximum atomic E-state index is 11.0. The fourth-order valence-electron chi connectivity index (χ4n) is 1.72. The average molecular weight is 262 g/mol. The van der Waals surface area contributed by atoms with E-state index in [4.69, 9.17) is 0 Å². The number of hydrogen-bond donors (Lipinski definition) is 0. The summed E-state index contributed by atoms with van der Waals surface area (Å²) < 4.78 is 0. The fraction of sp³-hybridized carbons (Fsp3) is 0.308. The zero-order chi connectivity index (χ0) is 13.0. The van der Waals surface area contributed by atoms with Crippen molar-refractivity contribution in [2.24, 2.45) is 0 Å². The van der Waals surface area contributed by atoms with Crippen molar-refractivity contribution in [1.82, 2.24) is 4.98 Å². The lowest BCUT2D eigenvalue weighted by atomic mass is 10.2. The lowest BCUT2D eigenvalue weighted by Crippen LogP contribution is -1.91. The largest absolute Gasteiger partial charge is 0.279 e. The number of benzene rings is 1. The van der Waals surface area contributed by atoms with Gasteiger partial charge in [0.2, 0.25) is 0 Å². The minimum atomic E-state index is -0.359. The van der Waals surface area contributed by atoms with Crippen LogP contribution in [0.2, 0.25) is 0 Å². The van der Waals surface area contributed by atoms with Crippen molar-refractivity contribution in [2.75, 3.05) is 0 Å². The summed E-state index contributed by atoms with van der Waals surface area (Å²) in [5, 5.41) is 13.7. The number of thiazole rings is 1. The Kier molecular flexibility index (Phi) is 4.04. The number of nitro groups is 1. The van der Waals surface area contributed by atoms with E-state index in [1.807, 2.05) is 5.38 Å². The Balaban J connectivity index is 2.31. The summed E-state index contributed by atoms with van der Waals surface area (Å²) in [4.78, 5) is 15.1. The molecule has 0 radical (unpaired) electrons. The van der Waals surface area contributed by atoms with Crippen molar-refractivity contribution in [3.05, 3.63) is 45.5 Å². The normalized spacial score (nSPS) is 10.5. The summed E-state index contributed by atoms with van der Waals surface area (Å²) in [5.41, 5.74) is 1.75. The van der Waals surface area contributed by atoms with Crippen LogP contribution in [0.4, 0.5) is 5.69 Å². The third kappa shape index (κ3) is 2.73. The van der Waals surface area contributed by atoms with Crippen molar-refractivity contribution in [3.8, 4) is 10.6 Å². The highest BCUT2D eigenvalue weighted by molar-refractivity contribution is 7.13. The van der Waals surface area contributed by atoms with E-state index in [2.05, 4.69) is 11.9 Å². The van der Waals surface area contributed by atoms with Gasteiger partial charge in [-0.05, 0) is 18.9 Å². The molecule has 2 rings (SSSR count). The van der Waals surface area contributed by atoms with Crippen LogP contribution in [-0.4, -0.2) is 9.91 Å². The summed E-state index contributed by atoms with van der Waals surface area (Å²) in [6.45, 7) is 2.13. The molecule has 5 heteroatoms. The van der Waals surface area contributed by atoms with Crippen LogP contribution < -0.4 is 0 Å². The van der Waals surface area contributed by atoms with Crippen molar-refractivity contribution < 1.29 is 4.92 Å². The van der Waals surface area contributed by atoms with Crippen LogP contribution in [0.25, 0.3) is 10.6 Å². The zero-order valence-corrected chi connectivity index (χ0v) is 10.9. The highest BCUT2D eigenvalue weighted by Gasteiger charge is 2.16. The smallest absolute Gasteiger partial charge is 0.258 e. The first-order valence-electron chi connectivity index (χ1n) is 5.90. The van der Waals surface area contributed by atoms with Gasteiger partial charge in [0.15, 0.2) is 0 Å². The second kappa shape index (κ2) is 5.73. The Labute approximate surface area is 109 Å². The van der Waals surface area contributed by atoms with Crippen LogP contribution in [0.3, 0.4) is 0 Å².